The molecule has 2 aromatic rings. The second kappa shape index (κ2) is 8.67. The number of nitrogens with one attached hydrogen (secondary N) is 3. The molecule has 3 aliphatic heterocycles. The summed E-state index contributed by atoms with van der Waals surface area (Å²) < 4.78 is 0. The quantitative estimate of drug-likeness (QED) is 0.589. The zero-order valence-corrected chi connectivity index (χ0v) is 18.1. The largest absolute Gasteiger partial charge is 0.381 e. The Balaban J connectivity index is 1.31. The van der Waals surface area contributed by atoms with E-state index in [0.29, 0.717) is 17.7 Å². The van der Waals surface area contributed by atoms with Crippen LogP contribution >= 0.6 is 0 Å². The third-order valence-corrected chi connectivity index (χ3v) is 6.39. The Hall–Kier alpha value is -3.72. The Morgan fingerprint density at radius 3 is 2.42 bits per heavy atom. The van der Waals surface area contributed by atoms with Gasteiger partial charge >= 0.3 is 0 Å². The monoisotopic (exact) mass is 447 g/mol. The van der Waals surface area contributed by atoms with Gasteiger partial charge in [-0.15, -0.1) is 0 Å². The Bertz CT molecular complexity index is 1120. The van der Waals surface area contributed by atoms with Crippen LogP contribution in [0.15, 0.2) is 42.5 Å². The van der Waals surface area contributed by atoms with Crippen molar-refractivity contribution in [2.45, 2.75) is 25.4 Å². The first-order chi connectivity index (χ1) is 16.0. The molecule has 9 nitrogen and oxygen atoms in total. The predicted octanol–water partition coefficient (Wildman–Crippen LogP) is 1.11. The summed E-state index contributed by atoms with van der Waals surface area (Å²) in [6, 6.07) is 12.3. The summed E-state index contributed by atoms with van der Waals surface area (Å²) in [5.41, 5.74) is 3.37. The summed E-state index contributed by atoms with van der Waals surface area (Å²) in [7, 11) is 0. The predicted molar refractivity (Wildman–Crippen MR) is 122 cm³/mol. The Labute approximate surface area is 191 Å². The van der Waals surface area contributed by atoms with Crippen LogP contribution in [0.2, 0.25) is 0 Å². The van der Waals surface area contributed by atoms with Crippen molar-refractivity contribution < 1.29 is 19.2 Å². The Morgan fingerprint density at radius 1 is 0.939 bits per heavy atom. The van der Waals surface area contributed by atoms with Gasteiger partial charge in [-0.2, -0.15) is 0 Å². The van der Waals surface area contributed by atoms with E-state index in [1.54, 1.807) is 18.2 Å². The number of nitrogens with zero attached hydrogens (tertiary/aromatic N) is 2. The smallest absolute Gasteiger partial charge is 0.262 e. The molecule has 2 aromatic carbocycles. The molecular formula is C24H25N5O4. The van der Waals surface area contributed by atoms with Crippen LogP contribution in [-0.4, -0.2) is 60.7 Å². The zero-order valence-electron chi connectivity index (χ0n) is 18.1. The second-order valence-electron chi connectivity index (χ2n) is 8.42. The van der Waals surface area contributed by atoms with Crippen LogP contribution in [0.25, 0.3) is 0 Å². The van der Waals surface area contributed by atoms with Crippen LogP contribution < -0.4 is 20.9 Å². The van der Waals surface area contributed by atoms with Gasteiger partial charge in [0.1, 0.15) is 6.04 Å². The fraction of sp³-hybridized carbons (Fsp3) is 0.333. The van der Waals surface area contributed by atoms with E-state index in [1.165, 1.54) is 5.69 Å². The normalized spacial score (nSPS) is 20.7. The minimum absolute atomic E-state index is 0.0994. The summed E-state index contributed by atoms with van der Waals surface area (Å²) in [6.45, 7) is 4.26. The van der Waals surface area contributed by atoms with Gasteiger partial charge in [0.25, 0.3) is 11.8 Å². The fourth-order valence-corrected chi connectivity index (χ4v) is 4.64. The zero-order chi connectivity index (χ0) is 22.9. The molecule has 33 heavy (non-hydrogen) atoms. The van der Waals surface area contributed by atoms with Crippen LogP contribution in [0.4, 0.5) is 11.4 Å². The Morgan fingerprint density at radius 2 is 1.70 bits per heavy atom. The summed E-state index contributed by atoms with van der Waals surface area (Å²) >= 11 is 0. The lowest BCUT2D eigenvalue weighted by molar-refractivity contribution is -0.136. The molecule has 4 amide bonds. The second-order valence-corrected chi connectivity index (χ2v) is 8.42. The molecule has 3 N–H and O–H groups in total. The van der Waals surface area contributed by atoms with E-state index in [4.69, 9.17) is 0 Å². The molecule has 1 unspecified atom stereocenters. The minimum atomic E-state index is -0.964. The molecule has 0 radical (unpaired) electrons. The van der Waals surface area contributed by atoms with Gasteiger partial charge in [-0.25, -0.2) is 0 Å². The highest BCUT2D eigenvalue weighted by atomic mass is 16.2. The number of carbonyl (C=O) groups excluding carboxylic acids is 4. The summed E-state index contributed by atoms with van der Waals surface area (Å²) in [4.78, 5) is 53.2. The third-order valence-electron chi connectivity index (χ3n) is 6.39. The summed E-state index contributed by atoms with van der Waals surface area (Å²) in [6.07, 6.45) is 0.241. The maximum absolute atomic E-state index is 13.2. The number of piperazine rings is 1. The molecule has 3 aliphatic rings. The van der Waals surface area contributed by atoms with Gasteiger partial charge in [0.05, 0.1) is 11.1 Å². The molecule has 1 atom stereocenters. The van der Waals surface area contributed by atoms with Crippen LogP contribution in [0.3, 0.4) is 0 Å². The van der Waals surface area contributed by atoms with Crippen molar-refractivity contribution in [2.75, 3.05) is 36.4 Å². The molecule has 170 valence electrons. The highest BCUT2D eigenvalue weighted by Crippen LogP contribution is 2.30. The van der Waals surface area contributed by atoms with Gasteiger partial charge in [0.15, 0.2) is 0 Å². The van der Waals surface area contributed by atoms with Crippen molar-refractivity contribution in [1.82, 2.24) is 15.5 Å². The molecule has 0 aromatic heterocycles. The van der Waals surface area contributed by atoms with E-state index in [-0.39, 0.29) is 24.3 Å². The Kier molecular flexibility index (Phi) is 5.55. The van der Waals surface area contributed by atoms with Crippen molar-refractivity contribution in [3.05, 3.63) is 59.2 Å². The first kappa shape index (κ1) is 21.1. The first-order valence-electron chi connectivity index (χ1n) is 11.2. The summed E-state index contributed by atoms with van der Waals surface area (Å²) in [5.74, 6) is -1.98. The average molecular weight is 447 g/mol. The maximum Gasteiger partial charge on any atom is 0.262 e. The van der Waals surface area contributed by atoms with Crippen LogP contribution in [0.1, 0.15) is 39.1 Å². The third kappa shape index (κ3) is 3.95. The lowest BCUT2D eigenvalue weighted by Crippen LogP contribution is -2.54. The standard InChI is InChI=1S/C24H25N5O4/c30-20-9-8-19(22(31)27-20)29-23(32)18-3-1-2-15(21(18)24(29)33)14-26-16-4-6-17(7-5-16)28-12-10-25-11-13-28/h1-7,19,25-26H,8-14H2,(H,27,30,31). The van der Waals surface area contributed by atoms with Crippen molar-refractivity contribution in [2.24, 2.45) is 0 Å². The molecule has 5 rings (SSSR count). The number of carbonyl (C=O) groups is 4. The van der Waals surface area contributed by atoms with Gasteiger partial charge < -0.3 is 15.5 Å². The van der Waals surface area contributed by atoms with E-state index < -0.39 is 23.8 Å². The lowest BCUT2D eigenvalue weighted by atomic mass is 10.0. The van der Waals surface area contributed by atoms with E-state index in [0.717, 1.165) is 36.8 Å². The number of hydrogen-bond acceptors (Lipinski definition) is 7. The SMILES string of the molecule is O=C1CCC(N2C(=O)c3cccc(CNc4ccc(N5CCNCC5)cc4)c3C2=O)C(=O)N1. The molecule has 3 heterocycles. The van der Waals surface area contributed by atoms with Crippen LogP contribution in [-0.2, 0) is 16.1 Å². The van der Waals surface area contributed by atoms with Gasteiger partial charge in [-0.3, -0.25) is 29.4 Å². The number of benzene rings is 2. The van der Waals surface area contributed by atoms with E-state index >= 15 is 0 Å². The number of piperidine rings is 1. The maximum atomic E-state index is 13.2. The molecular weight excluding hydrogens is 422 g/mol. The van der Waals surface area contributed by atoms with Crippen molar-refractivity contribution >= 4 is 35.0 Å². The van der Waals surface area contributed by atoms with Crippen LogP contribution in [0.5, 0.6) is 0 Å². The van der Waals surface area contributed by atoms with Gasteiger partial charge in [0.2, 0.25) is 11.8 Å². The number of fused-ring (bicyclic) bond motifs is 1. The van der Waals surface area contributed by atoms with Crippen molar-refractivity contribution in [3.8, 4) is 0 Å². The molecule has 0 spiro atoms. The number of imide groups is 2. The van der Waals surface area contributed by atoms with E-state index in [1.807, 2.05) is 12.1 Å². The number of anilines is 2. The van der Waals surface area contributed by atoms with Crippen molar-refractivity contribution in [1.29, 1.82) is 0 Å². The lowest BCUT2D eigenvalue weighted by Gasteiger charge is -2.29. The van der Waals surface area contributed by atoms with Gasteiger partial charge in [-0.1, -0.05) is 12.1 Å². The average Bonchev–Trinajstić information content (AvgIpc) is 3.09. The fourth-order valence-electron chi connectivity index (χ4n) is 4.64. The molecule has 0 saturated carbocycles. The van der Waals surface area contributed by atoms with E-state index in [2.05, 4.69) is 33.0 Å². The number of amides is 4. The minimum Gasteiger partial charge on any atom is -0.381 e. The molecule has 9 heteroatoms. The topological polar surface area (TPSA) is 111 Å². The highest BCUT2D eigenvalue weighted by Gasteiger charge is 2.45. The molecule has 2 saturated heterocycles. The highest BCUT2D eigenvalue weighted by molar-refractivity contribution is 6.24. The molecule has 2 fully saturated rings. The number of hydrogen-bond donors (Lipinski definition) is 3. The first-order valence-corrected chi connectivity index (χ1v) is 11.2. The van der Waals surface area contributed by atoms with Gasteiger partial charge in [0, 0.05) is 50.5 Å². The molecule has 0 bridgehead atoms. The van der Waals surface area contributed by atoms with Crippen LogP contribution in [0, 0.1) is 0 Å². The summed E-state index contributed by atoms with van der Waals surface area (Å²) in [5, 5.41) is 8.89. The number of rotatable bonds is 5. The molecule has 0 aliphatic carbocycles. The van der Waals surface area contributed by atoms with E-state index in [9.17, 15) is 19.2 Å². The van der Waals surface area contributed by atoms with Crippen molar-refractivity contribution in [3.63, 3.8) is 0 Å². The van der Waals surface area contributed by atoms with Gasteiger partial charge in [-0.05, 0) is 42.3 Å².